The molecule has 0 atom stereocenters. The summed E-state index contributed by atoms with van der Waals surface area (Å²) in [6, 6.07) is 8.23. The summed E-state index contributed by atoms with van der Waals surface area (Å²) in [5, 5.41) is 8.67. The lowest BCUT2D eigenvalue weighted by atomic mass is 10.0. The largest absolute Gasteiger partial charge is 0.480 e. The van der Waals surface area contributed by atoms with Crippen LogP contribution in [0.1, 0.15) is 11.1 Å². The SMILES string of the molecule is Cl.Cl.O=C(O)CN1CCc2ccccc2C1. The predicted octanol–water partition coefficient (Wildman–Crippen LogP) is 1.97. The summed E-state index contributed by atoms with van der Waals surface area (Å²) in [5.74, 6) is -0.746. The molecule has 0 saturated heterocycles. The van der Waals surface area contributed by atoms with Crippen molar-refractivity contribution < 1.29 is 9.90 Å². The van der Waals surface area contributed by atoms with Gasteiger partial charge in [0, 0.05) is 13.1 Å². The van der Waals surface area contributed by atoms with E-state index < -0.39 is 5.97 Å². The maximum atomic E-state index is 10.5. The second-order valence-electron chi connectivity index (χ2n) is 3.62. The van der Waals surface area contributed by atoms with Gasteiger partial charge in [-0.05, 0) is 17.5 Å². The molecule has 5 heteroatoms. The number of halogens is 2. The van der Waals surface area contributed by atoms with E-state index in [-0.39, 0.29) is 31.4 Å². The van der Waals surface area contributed by atoms with Crippen LogP contribution in [-0.2, 0) is 17.8 Å². The molecule has 0 radical (unpaired) electrons. The Morgan fingerprint density at radius 3 is 2.50 bits per heavy atom. The summed E-state index contributed by atoms with van der Waals surface area (Å²) in [6.07, 6.45) is 0.962. The highest BCUT2D eigenvalue weighted by Gasteiger charge is 2.16. The number of aliphatic carboxylic acids is 1. The van der Waals surface area contributed by atoms with Gasteiger partial charge in [-0.2, -0.15) is 0 Å². The van der Waals surface area contributed by atoms with E-state index in [9.17, 15) is 4.79 Å². The van der Waals surface area contributed by atoms with Gasteiger partial charge in [-0.25, -0.2) is 0 Å². The third-order valence-corrected chi connectivity index (χ3v) is 2.57. The van der Waals surface area contributed by atoms with Crippen molar-refractivity contribution in [2.75, 3.05) is 13.1 Å². The Labute approximate surface area is 107 Å². The molecule has 2 rings (SSSR count). The van der Waals surface area contributed by atoms with Crippen molar-refractivity contribution in [2.45, 2.75) is 13.0 Å². The van der Waals surface area contributed by atoms with Crippen LogP contribution in [0.15, 0.2) is 24.3 Å². The monoisotopic (exact) mass is 263 g/mol. The highest BCUT2D eigenvalue weighted by atomic mass is 35.5. The van der Waals surface area contributed by atoms with Gasteiger partial charge < -0.3 is 5.11 Å². The molecule has 1 N–H and O–H groups in total. The maximum Gasteiger partial charge on any atom is 0.317 e. The molecule has 1 heterocycles. The minimum absolute atomic E-state index is 0. The Kier molecular flexibility index (Phi) is 6.41. The molecule has 0 saturated carbocycles. The molecule has 3 nitrogen and oxygen atoms in total. The first-order valence-electron chi connectivity index (χ1n) is 4.76. The quantitative estimate of drug-likeness (QED) is 0.887. The standard InChI is InChI=1S/C11H13NO2.2ClH/c13-11(14)8-12-6-5-9-3-1-2-4-10(9)7-12;;/h1-4H,5-8H2,(H,13,14);2*1H. The molecule has 0 aromatic heterocycles. The normalized spacial score (nSPS) is 14.2. The molecule has 0 aliphatic carbocycles. The molecule has 1 aliphatic rings. The van der Waals surface area contributed by atoms with Crippen molar-refractivity contribution in [1.82, 2.24) is 4.90 Å². The molecule has 0 fully saturated rings. The van der Waals surface area contributed by atoms with E-state index in [4.69, 9.17) is 5.11 Å². The Hall–Kier alpha value is -0.770. The highest BCUT2D eigenvalue weighted by Crippen LogP contribution is 2.17. The van der Waals surface area contributed by atoms with Crippen LogP contribution in [0.5, 0.6) is 0 Å². The number of benzene rings is 1. The summed E-state index contributed by atoms with van der Waals surface area (Å²) in [5.41, 5.74) is 2.62. The Balaban J connectivity index is 0.00000112. The van der Waals surface area contributed by atoms with Gasteiger partial charge in [-0.3, -0.25) is 9.69 Å². The molecule has 0 unspecified atom stereocenters. The van der Waals surface area contributed by atoms with Gasteiger partial charge in [0.05, 0.1) is 6.54 Å². The minimum Gasteiger partial charge on any atom is -0.480 e. The van der Waals surface area contributed by atoms with Gasteiger partial charge in [-0.15, -0.1) is 24.8 Å². The summed E-state index contributed by atoms with van der Waals surface area (Å²) >= 11 is 0. The Morgan fingerprint density at radius 1 is 1.25 bits per heavy atom. The van der Waals surface area contributed by atoms with Crippen LogP contribution in [0.2, 0.25) is 0 Å². The smallest absolute Gasteiger partial charge is 0.317 e. The summed E-state index contributed by atoms with van der Waals surface area (Å²) in [7, 11) is 0. The fourth-order valence-electron chi connectivity index (χ4n) is 1.88. The third-order valence-electron chi connectivity index (χ3n) is 2.57. The van der Waals surface area contributed by atoms with Gasteiger partial charge in [0.25, 0.3) is 0 Å². The van der Waals surface area contributed by atoms with Crippen LogP contribution in [-0.4, -0.2) is 29.1 Å². The molecule has 0 spiro atoms. The molecule has 1 aliphatic heterocycles. The fourth-order valence-corrected chi connectivity index (χ4v) is 1.88. The van der Waals surface area contributed by atoms with E-state index in [0.717, 1.165) is 19.5 Å². The summed E-state index contributed by atoms with van der Waals surface area (Å²) in [4.78, 5) is 12.5. The van der Waals surface area contributed by atoms with Crippen LogP contribution in [0.25, 0.3) is 0 Å². The van der Waals surface area contributed by atoms with E-state index in [1.165, 1.54) is 11.1 Å². The minimum atomic E-state index is -0.746. The molecule has 0 amide bonds. The number of fused-ring (bicyclic) bond motifs is 1. The number of carboxylic acid groups (broad SMARTS) is 1. The third kappa shape index (κ3) is 3.67. The van der Waals surface area contributed by atoms with E-state index >= 15 is 0 Å². The lowest BCUT2D eigenvalue weighted by molar-refractivity contribution is -0.138. The molecule has 1 aromatic carbocycles. The predicted molar refractivity (Wildman–Crippen MR) is 67.6 cm³/mol. The van der Waals surface area contributed by atoms with E-state index in [2.05, 4.69) is 12.1 Å². The Bertz CT molecular complexity index is 358. The first kappa shape index (κ1) is 15.2. The zero-order chi connectivity index (χ0) is 9.97. The number of nitrogens with zero attached hydrogens (tertiary/aromatic N) is 1. The van der Waals surface area contributed by atoms with Crippen molar-refractivity contribution in [3.63, 3.8) is 0 Å². The molecule has 0 bridgehead atoms. The fraction of sp³-hybridized carbons (Fsp3) is 0.364. The molecular weight excluding hydrogens is 249 g/mol. The summed E-state index contributed by atoms with van der Waals surface area (Å²) < 4.78 is 0. The number of hydrogen-bond donors (Lipinski definition) is 1. The zero-order valence-corrected chi connectivity index (χ0v) is 10.4. The first-order chi connectivity index (χ1) is 6.75. The summed E-state index contributed by atoms with van der Waals surface area (Å²) in [6.45, 7) is 1.76. The van der Waals surface area contributed by atoms with Crippen molar-refractivity contribution in [1.29, 1.82) is 0 Å². The number of rotatable bonds is 2. The molecule has 1 aromatic rings. The number of carbonyl (C=O) groups is 1. The van der Waals surface area contributed by atoms with E-state index in [1.807, 2.05) is 17.0 Å². The van der Waals surface area contributed by atoms with Crippen molar-refractivity contribution in [3.05, 3.63) is 35.4 Å². The topological polar surface area (TPSA) is 40.5 Å². The van der Waals surface area contributed by atoms with Gasteiger partial charge in [-0.1, -0.05) is 24.3 Å². The lowest BCUT2D eigenvalue weighted by Crippen LogP contribution is -2.34. The van der Waals surface area contributed by atoms with E-state index in [0.29, 0.717) is 0 Å². The zero-order valence-electron chi connectivity index (χ0n) is 8.76. The molecule has 16 heavy (non-hydrogen) atoms. The van der Waals surface area contributed by atoms with E-state index in [1.54, 1.807) is 0 Å². The van der Waals surface area contributed by atoms with Crippen molar-refractivity contribution in [3.8, 4) is 0 Å². The van der Waals surface area contributed by atoms with Crippen LogP contribution < -0.4 is 0 Å². The van der Waals surface area contributed by atoms with Gasteiger partial charge >= 0.3 is 5.97 Å². The average molecular weight is 264 g/mol. The van der Waals surface area contributed by atoms with Crippen LogP contribution in [0, 0.1) is 0 Å². The second-order valence-corrected chi connectivity index (χ2v) is 3.62. The maximum absolute atomic E-state index is 10.5. The van der Waals surface area contributed by atoms with Crippen molar-refractivity contribution in [2.24, 2.45) is 0 Å². The van der Waals surface area contributed by atoms with Gasteiger partial charge in [0.2, 0.25) is 0 Å². The molecule has 90 valence electrons. The number of hydrogen-bond acceptors (Lipinski definition) is 2. The molecular formula is C11H15Cl2NO2. The first-order valence-corrected chi connectivity index (χ1v) is 4.76. The van der Waals surface area contributed by atoms with Gasteiger partial charge in [0.15, 0.2) is 0 Å². The second kappa shape index (κ2) is 6.74. The van der Waals surface area contributed by atoms with Crippen LogP contribution >= 0.6 is 24.8 Å². The van der Waals surface area contributed by atoms with Crippen molar-refractivity contribution >= 4 is 30.8 Å². The average Bonchev–Trinajstić information content (AvgIpc) is 2.17. The van der Waals surface area contributed by atoms with Crippen LogP contribution in [0.3, 0.4) is 0 Å². The Morgan fingerprint density at radius 2 is 1.88 bits per heavy atom. The highest BCUT2D eigenvalue weighted by molar-refractivity contribution is 5.85. The van der Waals surface area contributed by atoms with Crippen LogP contribution in [0.4, 0.5) is 0 Å². The lowest BCUT2D eigenvalue weighted by Gasteiger charge is -2.26. The number of carboxylic acids is 1. The van der Waals surface area contributed by atoms with Gasteiger partial charge in [0.1, 0.15) is 0 Å².